The van der Waals surface area contributed by atoms with Crippen LogP contribution in [-0.2, 0) is 11.3 Å². The van der Waals surface area contributed by atoms with Crippen molar-refractivity contribution < 1.29 is 19.4 Å². The summed E-state index contributed by atoms with van der Waals surface area (Å²) in [4.78, 5) is 27.1. The summed E-state index contributed by atoms with van der Waals surface area (Å²) in [6, 6.07) is 16.8. The van der Waals surface area contributed by atoms with E-state index in [0.29, 0.717) is 0 Å². The number of piperazine rings is 1. The van der Waals surface area contributed by atoms with Crippen LogP contribution in [0.1, 0.15) is 17.2 Å². The highest BCUT2D eigenvalue weighted by Gasteiger charge is 2.36. The SMILES string of the molecule is CNC(=O)NC(=O)[C@@H](c1ccccc1)[NH+]1CC[NH+](Cc2cccc(Cl)c2)CC1. The van der Waals surface area contributed by atoms with Crippen LogP contribution in [0.2, 0.25) is 5.02 Å². The van der Waals surface area contributed by atoms with Crippen molar-refractivity contribution in [1.82, 2.24) is 10.6 Å². The molecule has 6 nitrogen and oxygen atoms in total. The van der Waals surface area contributed by atoms with E-state index in [2.05, 4.69) is 16.7 Å². The number of carbonyl (C=O) groups is 2. The van der Waals surface area contributed by atoms with Gasteiger partial charge >= 0.3 is 6.03 Å². The van der Waals surface area contributed by atoms with Crippen molar-refractivity contribution in [1.29, 1.82) is 0 Å². The van der Waals surface area contributed by atoms with Crippen LogP contribution in [0, 0.1) is 0 Å². The summed E-state index contributed by atoms with van der Waals surface area (Å²) in [7, 11) is 1.50. The second-order valence-electron chi connectivity index (χ2n) is 7.13. The quantitative estimate of drug-likeness (QED) is 0.560. The number of halogens is 1. The molecule has 3 rings (SSSR count). The van der Waals surface area contributed by atoms with Gasteiger partial charge < -0.3 is 15.1 Å². The lowest BCUT2D eigenvalue weighted by Gasteiger charge is -2.34. The van der Waals surface area contributed by atoms with Gasteiger partial charge in [0.25, 0.3) is 5.91 Å². The van der Waals surface area contributed by atoms with E-state index in [0.717, 1.165) is 43.3 Å². The van der Waals surface area contributed by atoms with Crippen molar-refractivity contribution in [2.75, 3.05) is 33.2 Å². The molecule has 1 heterocycles. The minimum Gasteiger partial charge on any atom is -0.341 e. The molecule has 7 heteroatoms. The number of rotatable bonds is 5. The summed E-state index contributed by atoms with van der Waals surface area (Å²) in [6.45, 7) is 4.55. The lowest BCUT2D eigenvalue weighted by atomic mass is 10.0. The van der Waals surface area contributed by atoms with Gasteiger partial charge in [0.2, 0.25) is 0 Å². The van der Waals surface area contributed by atoms with Crippen LogP contribution in [0.5, 0.6) is 0 Å². The van der Waals surface area contributed by atoms with E-state index in [1.165, 1.54) is 22.4 Å². The second kappa shape index (κ2) is 9.68. The molecule has 1 saturated heterocycles. The maximum absolute atomic E-state index is 12.8. The lowest BCUT2D eigenvalue weighted by molar-refractivity contribution is -1.03. The summed E-state index contributed by atoms with van der Waals surface area (Å²) in [5.74, 6) is -0.265. The molecule has 0 bridgehead atoms. The first kappa shape index (κ1) is 20.3. The van der Waals surface area contributed by atoms with Crippen molar-refractivity contribution in [2.24, 2.45) is 0 Å². The highest BCUT2D eigenvalue weighted by atomic mass is 35.5. The first-order valence-electron chi connectivity index (χ1n) is 9.57. The Morgan fingerprint density at radius 3 is 2.39 bits per heavy atom. The van der Waals surface area contributed by atoms with Crippen LogP contribution >= 0.6 is 11.6 Å². The highest BCUT2D eigenvalue weighted by Crippen LogP contribution is 2.11. The number of quaternary nitrogens is 2. The Labute approximate surface area is 170 Å². The molecule has 1 fully saturated rings. The van der Waals surface area contributed by atoms with Gasteiger partial charge in [-0.25, -0.2) is 4.79 Å². The topological polar surface area (TPSA) is 67.1 Å². The standard InChI is InChI=1S/C21H25ClN4O2/c1-23-21(28)24-20(27)19(17-7-3-2-4-8-17)26-12-10-25(11-13-26)15-16-6-5-9-18(22)14-16/h2-9,14,19H,10-13,15H2,1H3,(H2,23,24,27,28)/p+2/t19-/m1/s1. The van der Waals surface area contributed by atoms with E-state index < -0.39 is 12.1 Å². The van der Waals surface area contributed by atoms with Crippen molar-refractivity contribution in [3.63, 3.8) is 0 Å². The van der Waals surface area contributed by atoms with Gasteiger partial charge in [-0.05, 0) is 12.1 Å². The number of hydrogen-bond donors (Lipinski definition) is 4. The van der Waals surface area contributed by atoms with Crippen molar-refractivity contribution >= 4 is 23.5 Å². The Morgan fingerprint density at radius 1 is 1.04 bits per heavy atom. The fourth-order valence-corrected chi connectivity index (χ4v) is 4.00. The summed E-state index contributed by atoms with van der Waals surface area (Å²) in [6.07, 6.45) is 0. The first-order chi connectivity index (χ1) is 13.6. The number of imide groups is 1. The Bertz CT molecular complexity index is 807. The van der Waals surface area contributed by atoms with Crippen LogP contribution < -0.4 is 20.4 Å². The average molecular weight is 403 g/mol. The molecule has 2 aromatic carbocycles. The van der Waals surface area contributed by atoms with Gasteiger partial charge in [0.05, 0.1) is 0 Å². The van der Waals surface area contributed by atoms with E-state index in [1.807, 2.05) is 48.5 Å². The molecule has 3 amide bonds. The number of hydrogen-bond acceptors (Lipinski definition) is 2. The minimum absolute atomic E-state index is 0.265. The van der Waals surface area contributed by atoms with Gasteiger partial charge in [0, 0.05) is 23.2 Å². The van der Waals surface area contributed by atoms with E-state index in [-0.39, 0.29) is 5.91 Å². The number of amides is 3. The molecule has 4 N–H and O–H groups in total. The molecule has 0 spiro atoms. The zero-order chi connectivity index (χ0) is 19.9. The normalized spacial score (nSPS) is 20.2. The molecule has 0 aliphatic carbocycles. The maximum Gasteiger partial charge on any atom is 0.321 e. The van der Waals surface area contributed by atoms with Gasteiger partial charge in [-0.2, -0.15) is 0 Å². The van der Waals surface area contributed by atoms with Gasteiger partial charge in [0.1, 0.15) is 32.7 Å². The third kappa shape index (κ3) is 5.32. The number of urea groups is 1. The van der Waals surface area contributed by atoms with E-state index >= 15 is 0 Å². The summed E-state index contributed by atoms with van der Waals surface area (Å²) in [5, 5.41) is 5.66. The molecule has 0 saturated carbocycles. The fourth-order valence-electron chi connectivity index (χ4n) is 3.79. The molecule has 0 aromatic heterocycles. The van der Waals surface area contributed by atoms with Gasteiger partial charge in [-0.3, -0.25) is 10.1 Å². The predicted molar refractivity (Wildman–Crippen MR) is 108 cm³/mol. The molecule has 1 aliphatic heterocycles. The summed E-state index contributed by atoms with van der Waals surface area (Å²) < 4.78 is 0. The highest BCUT2D eigenvalue weighted by molar-refractivity contribution is 6.30. The molecule has 1 aliphatic rings. The number of benzene rings is 2. The smallest absolute Gasteiger partial charge is 0.321 e. The largest absolute Gasteiger partial charge is 0.341 e. The van der Waals surface area contributed by atoms with E-state index in [1.54, 1.807) is 0 Å². The molecule has 0 unspecified atom stereocenters. The number of carbonyl (C=O) groups excluding carboxylic acids is 2. The minimum atomic E-state index is -0.476. The molecular weight excluding hydrogens is 376 g/mol. The molecule has 0 radical (unpaired) electrons. The predicted octanol–water partition coefficient (Wildman–Crippen LogP) is -0.180. The van der Waals surface area contributed by atoms with Gasteiger partial charge in [-0.15, -0.1) is 0 Å². The molecule has 2 aromatic rings. The lowest BCUT2D eigenvalue weighted by Crippen LogP contribution is -3.28. The Kier molecular flexibility index (Phi) is 7.03. The van der Waals surface area contributed by atoms with Gasteiger partial charge in [0.15, 0.2) is 6.04 Å². The molecule has 1 atom stereocenters. The van der Waals surface area contributed by atoms with Crippen LogP contribution in [0.4, 0.5) is 4.79 Å². The molecular formula is C21H27ClN4O2+2. The number of nitrogens with one attached hydrogen (secondary N) is 4. The molecule has 148 valence electrons. The third-order valence-corrected chi connectivity index (χ3v) is 5.44. The van der Waals surface area contributed by atoms with Crippen LogP contribution in [0.3, 0.4) is 0 Å². The van der Waals surface area contributed by atoms with Crippen molar-refractivity contribution in [3.8, 4) is 0 Å². The molecule has 28 heavy (non-hydrogen) atoms. The zero-order valence-electron chi connectivity index (χ0n) is 16.0. The Balaban J connectivity index is 1.67. The first-order valence-corrected chi connectivity index (χ1v) is 9.94. The third-order valence-electron chi connectivity index (χ3n) is 5.21. The average Bonchev–Trinajstić information content (AvgIpc) is 2.70. The van der Waals surface area contributed by atoms with Gasteiger partial charge in [-0.1, -0.05) is 54.1 Å². The van der Waals surface area contributed by atoms with Crippen molar-refractivity contribution in [3.05, 3.63) is 70.7 Å². The van der Waals surface area contributed by atoms with Crippen LogP contribution in [0.15, 0.2) is 54.6 Å². The van der Waals surface area contributed by atoms with E-state index in [9.17, 15) is 9.59 Å². The Hall–Kier alpha value is -2.41. The zero-order valence-corrected chi connectivity index (χ0v) is 16.8. The van der Waals surface area contributed by atoms with Crippen molar-refractivity contribution in [2.45, 2.75) is 12.6 Å². The second-order valence-corrected chi connectivity index (χ2v) is 7.56. The summed E-state index contributed by atoms with van der Waals surface area (Å²) >= 11 is 6.09. The Morgan fingerprint density at radius 2 is 1.75 bits per heavy atom. The van der Waals surface area contributed by atoms with Crippen LogP contribution in [-0.4, -0.2) is 45.2 Å². The van der Waals surface area contributed by atoms with Crippen LogP contribution in [0.25, 0.3) is 0 Å². The monoisotopic (exact) mass is 402 g/mol. The summed E-state index contributed by atoms with van der Waals surface area (Å²) in [5.41, 5.74) is 2.15. The van der Waals surface area contributed by atoms with E-state index in [4.69, 9.17) is 11.6 Å². The maximum atomic E-state index is 12.8. The fraction of sp³-hybridized carbons (Fsp3) is 0.333.